The highest BCUT2D eigenvalue weighted by molar-refractivity contribution is 6.19. The minimum Gasteiger partial charge on any atom is -0.307 e. The molecule has 0 aromatic heterocycles. The Bertz CT molecular complexity index is 592. The van der Waals surface area contributed by atoms with Crippen molar-refractivity contribution in [2.45, 2.75) is 25.3 Å². The number of rotatable bonds is 2. The van der Waals surface area contributed by atoms with Crippen LogP contribution in [0.1, 0.15) is 24.8 Å². The van der Waals surface area contributed by atoms with Crippen LogP contribution in [0.25, 0.3) is 0 Å². The molecule has 1 saturated heterocycles. The van der Waals surface area contributed by atoms with E-state index in [2.05, 4.69) is 10.2 Å². The summed E-state index contributed by atoms with van der Waals surface area (Å²) in [6, 6.07) is 8.06. The average molecular weight is 284 g/mol. The Morgan fingerprint density at radius 1 is 1.19 bits per heavy atom. The topological polar surface area (TPSA) is 47.9 Å². The summed E-state index contributed by atoms with van der Waals surface area (Å²) >= 11 is 0. The summed E-state index contributed by atoms with van der Waals surface area (Å²) in [7, 11) is 0. The molecule has 4 rings (SSSR count). The van der Waals surface area contributed by atoms with Gasteiger partial charge in [-0.2, -0.15) is 0 Å². The normalized spacial score (nSPS) is 25.1. The molecule has 3 heterocycles. The first-order valence-electron chi connectivity index (χ1n) is 7.79. The number of hydrogen-bond acceptors (Lipinski definition) is 3. The standard InChI is InChI=1S/C16H20N4O/c21-16-18-14-7-3-2-6-13(14)15-17-12(11-20(15)16)10-19-8-4-1-5-9-19/h2-3,6-7,12H,1,4-5,8-11H2,(H,18,21). The number of nitrogens with zero attached hydrogens (tertiary/aromatic N) is 3. The number of piperidine rings is 1. The summed E-state index contributed by atoms with van der Waals surface area (Å²) in [6.07, 6.45) is 3.92. The Balaban J connectivity index is 1.57. The van der Waals surface area contributed by atoms with Crippen LogP contribution < -0.4 is 5.32 Å². The number of aliphatic imine (C=N–C) groups is 1. The van der Waals surface area contributed by atoms with Crippen molar-refractivity contribution in [2.75, 3.05) is 31.5 Å². The molecule has 0 saturated carbocycles. The van der Waals surface area contributed by atoms with Crippen LogP contribution in [0.4, 0.5) is 10.5 Å². The zero-order valence-corrected chi connectivity index (χ0v) is 12.1. The first-order valence-corrected chi connectivity index (χ1v) is 7.79. The predicted molar refractivity (Wildman–Crippen MR) is 82.8 cm³/mol. The van der Waals surface area contributed by atoms with Gasteiger partial charge in [-0.15, -0.1) is 0 Å². The highest BCUT2D eigenvalue weighted by atomic mass is 16.2. The summed E-state index contributed by atoms with van der Waals surface area (Å²) in [5, 5.41) is 2.95. The fourth-order valence-corrected chi connectivity index (χ4v) is 3.48. The number of benzene rings is 1. The molecule has 0 bridgehead atoms. The zero-order chi connectivity index (χ0) is 14.2. The number of amidine groups is 1. The predicted octanol–water partition coefficient (Wildman–Crippen LogP) is 2.15. The Morgan fingerprint density at radius 3 is 2.86 bits per heavy atom. The second kappa shape index (κ2) is 5.15. The quantitative estimate of drug-likeness (QED) is 0.904. The minimum atomic E-state index is -0.0476. The molecular formula is C16H20N4O. The third-order valence-corrected chi connectivity index (χ3v) is 4.53. The second-order valence-electron chi connectivity index (χ2n) is 6.05. The van der Waals surface area contributed by atoms with Gasteiger partial charge in [0.05, 0.1) is 18.3 Å². The molecule has 0 spiro atoms. The van der Waals surface area contributed by atoms with E-state index in [0.29, 0.717) is 6.54 Å². The summed E-state index contributed by atoms with van der Waals surface area (Å²) in [4.78, 5) is 21.3. The van der Waals surface area contributed by atoms with Crippen LogP contribution in [0, 0.1) is 0 Å². The van der Waals surface area contributed by atoms with Crippen molar-refractivity contribution in [3.63, 3.8) is 0 Å². The molecule has 3 aliphatic rings. The summed E-state index contributed by atoms with van der Waals surface area (Å²) in [6.45, 7) is 4.01. The van der Waals surface area contributed by atoms with Gasteiger partial charge >= 0.3 is 6.03 Å². The lowest BCUT2D eigenvalue weighted by Gasteiger charge is -2.29. The van der Waals surface area contributed by atoms with Crippen LogP contribution >= 0.6 is 0 Å². The van der Waals surface area contributed by atoms with Gasteiger partial charge in [0.2, 0.25) is 0 Å². The maximum absolute atomic E-state index is 12.2. The highest BCUT2D eigenvalue weighted by Crippen LogP contribution is 2.27. The van der Waals surface area contributed by atoms with Gasteiger partial charge in [0.15, 0.2) is 0 Å². The molecule has 2 amide bonds. The molecule has 5 nitrogen and oxygen atoms in total. The molecule has 1 atom stereocenters. The lowest BCUT2D eigenvalue weighted by Crippen LogP contribution is -2.44. The van der Waals surface area contributed by atoms with Crippen LogP contribution in [0.3, 0.4) is 0 Å². The van der Waals surface area contributed by atoms with Gasteiger partial charge in [-0.1, -0.05) is 18.6 Å². The first-order chi connectivity index (χ1) is 10.3. The molecular weight excluding hydrogens is 264 g/mol. The lowest BCUT2D eigenvalue weighted by atomic mass is 10.1. The Labute approximate surface area is 124 Å². The minimum absolute atomic E-state index is 0.0476. The number of anilines is 1. The molecule has 1 aromatic rings. The molecule has 1 unspecified atom stereocenters. The zero-order valence-electron chi connectivity index (χ0n) is 12.1. The molecule has 3 aliphatic heterocycles. The number of nitrogens with one attached hydrogen (secondary N) is 1. The Morgan fingerprint density at radius 2 is 2.00 bits per heavy atom. The van der Waals surface area contributed by atoms with Crippen LogP contribution in [-0.4, -0.2) is 53.9 Å². The van der Waals surface area contributed by atoms with E-state index in [1.165, 1.54) is 32.4 Å². The number of para-hydroxylation sites is 1. The van der Waals surface area contributed by atoms with Crippen LogP contribution in [0.2, 0.25) is 0 Å². The lowest BCUT2D eigenvalue weighted by molar-refractivity contribution is 0.208. The highest BCUT2D eigenvalue weighted by Gasteiger charge is 2.36. The Hall–Kier alpha value is -1.88. The number of hydrogen-bond donors (Lipinski definition) is 1. The van der Waals surface area contributed by atoms with Crippen LogP contribution in [0.15, 0.2) is 29.3 Å². The number of likely N-dealkylation sites (tertiary alicyclic amines) is 1. The molecule has 1 aromatic carbocycles. The SMILES string of the molecule is O=C1Nc2ccccc2C2=NC(CN3CCCCC3)CN12. The third-order valence-electron chi connectivity index (χ3n) is 4.53. The molecule has 21 heavy (non-hydrogen) atoms. The summed E-state index contributed by atoms with van der Waals surface area (Å²) in [5.74, 6) is 0.844. The van der Waals surface area contributed by atoms with E-state index in [1.807, 2.05) is 24.3 Å². The van der Waals surface area contributed by atoms with Crippen molar-refractivity contribution in [1.82, 2.24) is 9.80 Å². The third kappa shape index (κ3) is 2.31. The number of carbonyl (C=O) groups is 1. The molecule has 110 valence electrons. The van der Waals surface area contributed by atoms with Gasteiger partial charge in [0.1, 0.15) is 5.84 Å². The Kier molecular flexibility index (Phi) is 3.15. The molecule has 1 N–H and O–H groups in total. The van der Waals surface area contributed by atoms with E-state index in [0.717, 1.165) is 23.6 Å². The van der Waals surface area contributed by atoms with Crippen molar-refractivity contribution in [3.8, 4) is 0 Å². The van der Waals surface area contributed by atoms with E-state index in [1.54, 1.807) is 4.90 Å². The second-order valence-corrected chi connectivity index (χ2v) is 6.05. The molecule has 1 fully saturated rings. The van der Waals surface area contributed by atoms with Gasteiger partial charge in [-0.05, 0) is 38.1 Å². The van der Waals surface area contributed by atoms with Crippen molar-refractivity contribution in [1.29, 1.82) is 0 Å². The smallest absolute Gasteiger partial charge is 0.307 e. The van der Waals surface area contributed by atoms with Gasteiger partial charge in [-0.3, -0.25) is 9.89 Å². The number of urea groups is 1. The van der Waals surface area contributed by atoms with E-state index in [-0.39, 0.29) is 12.1 Å². The number of amides is 2. The van der Waals surface area contributed by atoms with Gasteiger partial charge in [0, 0.05) is 12.1 Å². The van der Waals surface area contributed by atoms with Crippen molar-refractivity contribution < 1.29 is 4.79 Å². The maximum atomic E-state index is 12.2. The summed E-state index contributed by atoms with van der Waals surface area (Å²) in [5.41, 5.74) is 1.91. The fourth-order valence-electron chi connectivity index (χ4n) is 3.48. The van der Waals surface area contributed by atoms with Crippen LogP contribution in [-0.2, 0) is 0 Å². The van der Waals surface area contributed by atoms with E-state index in [9.17, 15) is 4.79 Å². The first kappa shape index (κ1) is 12.8. The number of carbonyl (C=O) groups excluding carboxylic acids is 1. The fraction of sp³-hybridized carbons (Fsp3) is 0.500. The molecule has 0 aliphatic carbocycles. The van der Waals surface area contributed by atoms with Gasteiger partial charge < -0.3 is 10.2 Å². The van der Waals surface area contributed by atoms with Crippen LogP contribution in [0.5, 0.6) is 0 Å². The summed E-state index contributed by atoms with van der Waals surface area (Å²) < 4.78 is 0. The van der Waals surface area contributed by atoms with Gasteiger partial charge in [-0.25, -0.2) is 4.79 Å². The van der Waals surface area contributed by atoms with E-state index in [4.69, 9.17) is 4.99 Å². The molecule has 5 heteroatoms. The maximum Gasteiger partial charge on any atom is 0.327 e. The monoisotopic (exact) mass is 284 g/mol. The average Bonchev–Trinajstić information content (AvgIpc) is 2.93. The van der Waals surface area contributed by atoms with Gasteiger partial charge in [0.25, 0.3) is 0 Å². The molecule has 0 radical (unpaired) electrons. The number of fused-ring (bicyclic) bond motifs is 3. The van der Waals surface area contributed by atoms with Crippen molar-refractivity contribution in [3.05, 3.63) is 29.8 Å². The van der Waals surface area contributed by atoms with Crippen molar-refractivity contribution >= 4 is 17.6 Å². The van der Waals surface area contributed by atoms with Crippen molar-refractivity contribution in [2.24, 2.45) is 4.99 Å². The largest absolute Gasteiger partial charge is 0.327 e. The van der Waals surface area contributed by atoms with E-state index < -0.39 is 0 Å². The van der Waals surface area contributed by atoms with E-state index >= 15 is 0 Å².